The molecule has 0 saturated carbocycles. The fraction of sp³-hybridized carbons (Fsp3) is 0.185. The summed E-state index contributed by atoms with van der Waals surface area (Å²) in [5.74, 6) is 0.0516. The minimum absolute atomic E-state index is 0.00392. The highest BCUT2D eigenvalue weighted by atomic mass is 35.5. The van der Waals surface area contributed by atoms with Crippen molar-refractivity contribution in [2.45, 2.75) is 19.9 Å². The number of aromatic nitrogens is 1. The summed E-state index contributed by atoms with van der Waals surface area (Å²) >= 11 is 6.14. The van der Waals surface area contributed by atoms with E-state index in [1.165, 1.54) is 6.92 Å². The van der Waals surface area contributed by atoms with Gasteiger partial charge in [-0.25, -0.2) is 4.99 Å². The van der Waals surface area contributed by atoms with Crippen molar-refractivity contribution in [1.82, 2.24) is 15.6 Å². The molecule has 0 saturated heterocycles. The van der Waals surface area contributed by atoms with Gasteiger partial charge in [-0.3, -0.25) is 4.79 Å². The summed E-state index contributed by atoms with van der Waals surface area (Å²) < 4.78 is 0. The molecule has 34 heavy (non-hydrogen) atoms. The highest BCUT2D eigenvalue weighted by Gasteiger charge is 2.18. The fourth-order valence-corrected chi connectivity index (χ4v) is 3.96. The van der Waals surface area contributed by atoms with Gasteiger partial charge < -0.3 is 20.7 Å². The number of aromatic hydroxyl groups is 1. The first-order valence-corrected chi connectivity index (χ1v) is 11.6. The smallest absolute Gasteiger partial charge is 0.216 e. The first-order chi connectivity index (χ1) is 16.5. The van der Waals surface area contributed by atoms with Crippen LogP contribution in [0.1, 0.15) is 30.0 Å². The summed E-state index contributed by atoms with van der Waals surface area (Å²) in [6.07, 6.45) is 0.877. The fourth-order valence-electron chi connectivity index (χ4n) is 3.78. The molecule has 0 spiro atoms. The van der Waals surface area contributed by atoms with Crippen LogP contribution in [0.2, 0.25) is 5.02 Å². The Morgan fingerprint density at radius 3 is 2.53 bits per heavy atom. The predicted octanol–water partition coefficient (Wildman–Crippen LogP) is 5.31. The van der Waals surface area contributed by atoms with Gasteiger partial charge in [0, 0.05) is 36.0 Å². The standard InChI is InChI=1S/C27H27ClN4O2/c1-18(33)30-15-5-14-29-17-19-8-11-22(12-9-19)31-26(20-6-3-2-4-7-20)25-23-13-10-21(28)16-24(23)32-27(25)34/h2-4,6-13,16,29,32,34H,5,14-15,17H2,1H3,(H,30,33). The molecule has 0 atom stereocenters. The third-order valence-corrected chi connectivity index (χ3v) is 5.67. The summed E-state index contributed by atoms with van der Waals surface area (Å²) in [7, 11) is 0. The van der Waals surface area contributed by atoms with Gasteiger partial charge in [-0.15, -0.1) is 0 Å². The lowest BCUT2D eigenvalue weighted by atomic mass is 10.0. The van der Waals surface area contributed by atoms with E-state index in [0.717, 1.165) is 47.2 Å². The average Bonchev–Trinajstić information content (AvgIpc) is 3.15. The zero-order valence-corrected chi connectivity index (χ0v) is 19.7. The van der Waals surface area contributed by atoms with Crippen LogP contribution >= 0.6 is 11.6 Å². The number of benzene rings is 3. The van der Waals surface area contributed by atoms with Crippen LogP contribution in [0, 0.1) is 0 Å². The van der Waals surface area contributed by atoms with Crippen LogP contribution in [0.25, 0.3) is 10.9 Å². The van der Waals surface area contributed by atoms with E-state index in [1.807, 2.05) is 60.7 Å². The SMILES string of the molecule is CC(=O)NCCCNCc1ccc(N=C(c2ccccc2)c2c(O)[nH]c3cc(Cl)ccc23)cc1. The number of rotatable bonds is 9. The number of aliphatic imine (C=N–C) groups is 1. The number of hydrogen-bond acceptors (Lipinski definition) is 4. The lowest BCUT2D eigenvalue weighted by Crippen LogP contribution is -2.24. The van der Waals surface area contributed by atoms with E-state index in [1.54, 1.807) is 12.1 Å². The largest absolute Gasteiger partial charge is 0.494 e. The maximum atomic E-state index is 10.9. The summed E-state index contributed by atoms with van der Waals surface area (Å²) in [6, 6.07) is 23.3. The van der Waals surface area contributed by atoms with Crippen molar-refractivity contribution in [3.63, 3.8) is 0 Å². The molecular weight excluding hydrogens is 448 g/mol. The van der Waals surface area contributed by atoms with E-state index in [0.29, 0.717) is 22.8 Å². The third kappa shape index (κ3) is 5.84. The minimum atomic E-state index is -0.00392. The molecular formula is C27H27ClN4O2. The first-order valence-electron chi connectivity index (χ1n) is 11.2. The Morgan fingerprint density at radius 2 is 1.79 bits per heavy atom. The molecule has 4 aromatic rings. The first kappa shape index (κ1) is 23.5. The normalized spacial score (nSPS) is 11.6. The second-order valence-electron chi connectivity index (χ2n) is 8.04. The van der Waals surface area contributed by atoms with E-state index >= 15 is 0 Å². The molecule has 6 nitrogen and oxygen atoms in total. The Balaban J connectivity index is 1.57. The van der Waals surface area contributed by atoms with Crippen molar-refractivity contribution in [2.24, 2.45) is 4.99 Å². The summed E-state index contributed by atoms with van der Waals surface area (Å²) in [5.41, 5.74) is 4.90. The van der Waals surface area contributed by atoms with Gasteiger partial charge in [0.15, 0.2) is 5.88 Å². The Bertz CT molecular complexity index is 1300. The van der Waals surface area contributed by atoms with Gasteiger partial charge >= 0.3 is 0 Å². The highest BCUT2D eigenvalue weighted by Crippen LogP contribution is 2.32. The van der Waals surface area contributed by atoms with Crippen LogP contribution in [0.4, 0.5) is 5.69 Å². The van der Waals surface area contributed by atoms with E-state index in [9.17, 15) is 9.90 Å². The number of hydrogen-bond donors (Lipinski definition) is 4. The van der Waals surface area contributed by atoms with Crippen molar-refractivity contribution in [1.29, 1.82) is 0 Å². The number of amides is 1. The number of aromatic amines is 1. The molecule has 0 aliphatic heterocycles. The van der Waals surface area contributed by atoms with E-state index in [4.69, 9.17) is 16.6 Å². The maximum Gasteiger partial charge on any atom is 0.216 e. The Kier molecular flexibility index (Phi) is 7.62. The molecule has 0 fully saturated rings. The second-order valence-corrected chi connectivity index (χ2v) is 8.48. The molecule has 4 N–H and O–H groups in total. The number of nitrogens with zero attached hydrogens (tertiary/aromatic N) is 1. The quantitative estimate of drug-likeness (QED) is 0.196. The molecule has 1 heterocycles. The number of carbonyl (C=O) groups is 1. The molecule has 4 rings (SSSR count). The molecule has 174 valence electrons. The molecule has 0 aliphatic rings. The minimum Gasteiger partial charge on any atom is -0.494 e. The van der Waals surface area contributed by atoms with Gasteiger partial charge in [-0.2, -0.15) is 0 Å². The number of H-pyrrole nitrogens is 1. The van der Waals surface area contributed by atoms with Crippen LogP contribution in [-0.2, 0) is 11.3 Å². The van der Waals surface area contributed by atoms with Gasteiger partial charge in [0.05, 0.1) is 22.5 Å². The average molecular weight is 475 g/mol. The topological polar surface area (TPSA) is 89.5 Å². The summed E-state index contributed by atoms with van der Waals surface area (Å²) in [4.78, 5) is 18.8. The molecule has 3 aromatic carbocycles. The van der Waals surface area contributed by atoms with Crippen LogP contribution in [0.3, 0.4) is 0 Å². The van der Waals surface area contributed by atoms with Crippen molar-refractivity contribution < 1.29 is 9.90 Å². The maximum absolute atomic E-state index is 10.9. The van der Waals surface area contributed by atoms with E-state index < -0.39 is 0 Å². The number of carbonyl (C=O) groups excluding carboxylic acids is 1. The molecule has 1 aromatic heterocycles. The van der Waals surface area contributed by atoms with Crippen LogP contribution in [-0.4, -0.2) is 34.8 Å². The zero-order chi connectivity index (χ0) is 23.9. The van der Waals surface area contributed by atoms with Crippen molar-refractivity contribution in [2.75, 3.05) is 13.1 Å². The van der Waals surface area contributed by atoms with Gasteiger partial charge in [0.25, 0.3) is 0 Å². The highest BCUT2D eigenvalue weighted by molar-refractivity contribution is 6.31. The number of fused-ring (bicyclic) bond motifs is 1. The molecule has 0 bridgehead atoms. The lowest BCUT2D eigenvalue weighted by molar-refractivity contribution is -0.118. The number of halogens is 1. The second kappa shape index (κ2) is 11.0. The van der Waals surface area contributed by atoms with Gasteiger partial charge in [-0.05, 0) is 42.8 Å². The zero-order valence-electron chi connectivity index (χ0n) is 18.9. The predicted molar refractivity (Wildman–Crippen MR) is 138 cm³/mol. The third-order valence-electron chi connectivity index (χ3n) is 5.44. The van der Waals surface area contributed by atoms with Gasteiger partial charge in [0.1, 0.15) is 0 Å². The number of nitrogens with one attached hydrogen (secondary N) is 3. The van der Waals surface area contributed by atoms with Crippen molar-refractivity contribution in [3.05, 3.63) is 94.5 Å². The van der Waals surface area contributed by atoms with Gasteiger partial charge in [0.2, 0.25) is 5.91 Å². The summed E-state index contributed by atoms with van der Waals surface area (Å²) in [5, 5.41) is 18.4. The Morgan fingerprint density at radius 1 is 1.03 bits per heavy atom. The van der Waals surface area contributed by atoms with Crippen LogP contribution in [0.15, 0.2) is 77.8 Å². The lowest BCUT2D eigenvalue weighted by Gasteiger charge is -2.09. The Hall–Kier alpha value is -3.61. The van der Waals surface area contributed by atoms with E-state index in [2.05, 4.69) is 15.6 Å². The van der Waals surface area contributed by atoms with Crippen molar-refractivity contribution in [3.8, 4) is 5.88 Å². The van der Waals surface area contributed by atoms with Crippen molar-refractivity contribution >= 4 is 39.8 Å². The molecule has 0 aliphatic carbocycles. The van der Waals surface area contributed by atoms with Crippen LogP contribution in [0.5, 0.6) is 5.88 Å². The van der Waals surface area contributed by atoms with E-state index in [-0.39, 0.29) is 11.8 Å². The van der Waals surface area contributed by atoms with Crippen LogP contribution < -0.4 is 10.6 Å². The van der Waals surface area contributed by atoms with Gasteiger partial charge in [-0.1, -0.05) is 60.1 Å². The molecule has 0 unspecified atom stereocenters. The molecule has 0 radical (unpaired) electrons. The monoisotopic (exact) mass is 474 g/mol. The molecule has 7 heteroatoms. The Labute approximate surface area is 203 Å². The summed E-state index contributed by atoms with van der Waals surface area (Å²) in [6.45, 7) is 3.75. The molecule has 1 amide bonds.